The Hall–Kier alpha value is -3.28. The quantitative estimate of drug-likeness (QED) is 0.611. The summed E-state index contributed by atoms with van der Waals surface area (Å²) in [5.41, 5.74) is 2.66. The van der Waals surface area contributed by atoms with Crippen molar-refractivity contribution < 1.29 is 14.3 Å². The highest BCUT2D eigenvalue weighted by Crippen LogP contribution is 2.18. The smallest absolute Gasteiger partial charge is 0.412 e. The number of anilines is 1. The van der Waals surface area contributed by atoms with Crippen LogP contribution in [-0.2, 0) is 11.2 Å². The molecule has 0 saturated carbocycles. The van der Waals surface area contributed by atoms with Crippen LogP contribution in [0.1, 0.15) is 36.7 Å². The normalized spacial score (nSPS) is 11.2. The van der Waals surface area contributed by atoms with Crippen LogP contribution in [0.2, 0.25) is 0 Å². The fourth-order valence-corrected chi connectivity index (χ4v) is 2.91. The van der Waals surface area contributed by atoms with Gasteiger partial charge in [0.15, 0.2) is 0 Å². The summed E-state index contributed by atoms with van der Waals surface area (Å²) in [6, 6.07) is 14.9. The molecule has 0 saturated heterocycles. The van der Waals surface area contributed by atoms with E-state index >= 15 is 0 Å². The molecule has 0 bridgehead atoms. The first-order valence-electron chi connectivity index (χ1n) is 9.25. The third-order valence-corrected chi connectivity index (χ3v) is 4.12. The van der Waals surface area contributed by atoms with Crippen molar-refractivity contribution in [1.29, 1.82) is 0 Å². The number of amides is 2. The molecule has 0 unspecified atom stereocenters. The monoisotopic (exact) mass is 379 g/mol. The Morgan fingerprint density at radius 2 is 1.86 bits per heavy atom. The van der Waals surface area contributed by atoms with E-state index in [1.54, 1.807) is 45.0 Å². The maximum absolute atomic E-state index is 12.4. The fraction of sp³-hybridized carbons (Fsp3) is 0.273. The van der Waals surface area contributed by atoms with Gasteiger partial charge in [-0.1, -0.05) is 24.3 Å². The van der Waals surface area contributed by atoms with E-state index < -0.39 is 11.7 Å². The van der Waals surface area contributed by atoms with E-state index in [-0.39, 0.29) is 5.91 Å². The molecule has 0 aliphatic rings. The summed E-state index contributed by atoms with van der Waals surface area (Å²) in [5, 5.41) is 6.74. The van der Waals surface area contributed by atoms with Gasteiger partial charge in [-0.25, -0.2) is 4.79 Å². The predicted octanol–water partition coefficient (Wildman–Crippen LogP) is 4.49. The van der Waals surface area contributed by atoms with Crippen LogP contribution in [-0.4, -0.2) is 29.1 Å². The van der Waals surface area contributed by atoms with Crippen molar-refractivity contribution in [3.63, 3.8) is 0 Å². The molecule has 1 heterocycles. The number of rotatable bonds is 5. The molecule has 0 fully saturated rings. The van der Waals surface area contributed by atoms with Crippen molar-refractivity contribution in [3.05, 3.63) is 65.9 Å². The maximum atomic E-state index is 12.4. The third kappa shape index (κ3) is 5.13. The molecule has 2 aromatic carbocycles. The van der Waals surface area contributed by atoms with Gasteiger partial charge in [0, 0.05) is 34.9 Å². The largest absolute Gasteiger partial charge is 0.444 e. The molecule has 2 amide bonds. The molecule has 0 spiro atoms. The van der Waals surface area contributed by atoms with E-state index in [0.29, 0.717) is 17.8 Å². The van der Waals surface area contributed by atoms with Crippen LogP contribution in [0.4, 0.5) is 10.5 Å². The summed E-state index contributed by atoms with van der Waals surface area (Å²) in [5.74, 6) is -0.187. The number of hydrogen-bond donors (Lipinski definition) is 3. The van der Waals surface area contributed by atoms with Gasteiger partial charge < -0.3 is 15.0 Å². The summed E-state index contributed by atoms with van der Waals surface area (Å²) in [7, 11) is 0. The zero-order chi connectivity index (χ0) is 20.1. The Morgan fingerprint density at radius 3 is 2.64 bits per heavy atom. The zero-order valence-electron chi connectivity index (χ0n) is 16.3. The van der Waals surface area contributed by atoms with E-state index in [1.807, 2.05) is 24.4 Å². The average molecular weight is 379 g/mol. The minimum absolute atomic E-state index is 0.187. The molecule has 0 aliphatic heterocycles. The van der Waals surface area contributed by atoms with Gasteiger partial charge in [0.1, 0.15) is 5.60 Å². The maximum Gasteiger partial charge on any atom is 0.412 e. The Balaban J connectivity index is 1.56. The highest BCUT2D eigenvalue weighted by molar-refractivity contribution is 5.96. The lowest BCUT2D eigenvalue weighted by atomic mass is 10.1. The van der Waals surface area contributed by atoms with Gasteiger partial charge in [0.2, 0.25) is 0 Å². The van der Waals surface area contributed by atoms with E-state index in [9.17, 15) is 9.59 Å². The summed E-state index contributed by atoms with van der Waals surface area (Å²) < 4.78 is 5.23. The van der Waals surface area contributed by atoms with Crippen LogP contribution in [0.5, 0.6) is 0 Å². The molecule has 6 nitrogen and oxygen atoms in total. The van der Waals surface area contributed by atoms with Crippen molar-refractivity contribution in [2.75, 3.05) is 11.9 Å². The lowest BCUT2D eigenvalue weighted by molar-refractivity contribution is 0.0635. The molecule has 0 aliphatic carbocycles. The number of hydrogen-bond acceptors (Lipinski definition) is 3. The molecular weight excluding hydrogens is 354 g/mol. The fourth-order valence-electron chi connectivity index (χ4n) is 2.91. The Bertz CT molecular complexity index is 986. The van der Waals surface area contributed by atoms with Crippen LogP contribution in [0.3, 0.4) is 0 Å². The minimum Gasteiger partial charge on any atom is -0.444 e. The molecule has 146 valence electrons. The summed E-state index contributed by atoms with van der Waals surface area (Å²) in [6.45, 7) is 5.91. The molecule has 3 rings (SSSR count). The second-order valence-corrected chi connectivity index (χ2v) is 7.57. The van der Waals surface area contributed by atoms with Gasteiger partial charge in [-0.2, -0.15) is 0 Å². The number of aromatic amines is 1. The SMILES string of the molecule is CC(C)(C)OC(=O)Nc1cccc(C(=O)NCCc2c[nH]c3ccccc23)c1. The highest BCUT2D eigenvalue weighted by atomic mass is 16.6. The molecule has 0 radical (unpaired) electrons. The van der Waals surface area contributed by atoms with Crippen LogP contribution in [0.15, 0.2) is 54.7 Å². The average Bonchev–Trinajstić information content (AvgIpc) is 3.03. The zero-order valence-corrected chi connectivity index (χ0v) is 16.3. The van der Waals surface area contributed by atoms with Crippen molar-refractivity contribution in [2.24, 2.45) is 0 Å². The number of carbonyl (C=O) groups is 2. The molecular formula is C22H25N3O3. The number of fused-ring (bicyclic) bond motifs is 1. The minimum atomic E-state index is -0.582. The van der Waals surface area contributed by atoms with Crippen LogP contribution >= 0.6 is 0 Å². The van der Waals surface area contributed by atoms with E-state index in [2.05, 4.69) is 21.7 Å². The first-order valence-corrected chi connectivity index (χ1v) is 9.25. The van der Waals surface area contributed by atoms with Crippen molar-refractivity contribution in [3.8, 4) is 0 Å². The van der Waals surface area contributed by atoms with Crippen molar-refractivity contribution in [1.82, 2.24) is 10.3 Å². The standard InChI is InChI=1S/C22H25N3O3/c1-22(2,3)28-21(27)25-17-8-6-7-15(13-17)20(26)23-12-11-16-14-24-19-10-5-4-9-18(16)19/h4-10,13-14,24H,11-12H2,1-3H3,(H,23,26)(H,25,27). The second kappa shape index (κ2) is 8.17. The summed E-state index contributed by atoms with van der Waals surface area (Å²) in [4.78, 5) is 27.6. The number of benzene rings is 2. The first-order chi connectivity index (χ1) is 13.3. The van der Waals surface area contributed by atoms with Crippen molar-refractivity contribution >= 4 is 28.6 Å². The predicted molar refractivity (Wildman–Crippen MR) is 111 cm³/mol. The molecule has 3 aromatic rings. The number of ether oxygens (including phenoxy) is 1. The van der Waals surface area contributed by atoms with Crippen LogP contribution < -0.4 is 10.6 Å². The van der Waals surface area contributed by atoms with E-state index in [1.165, 1.54) is 5.39 Å². The van der Waals surface area contributed by atoms with Crippen molar-refractivity contribution in [2.45, 2.75) is 32.8 Å². The van der Waals surface area contributed by atoms with Crippen LogP contribution in [0.25, 0.3) is 10.9 Å². The summed E-state index contributed by atoms with van der Waals surface area (Å²) in [6.07, 6.45) is 2.15. The van der Waals surface area contributed by atoms with Gasteiger partial charge in [0.05, 0.1) is 0 Å². The van der Waals surface area contributed by atoms with Gasteiger partial charge in [-0.15, -0.1) is 0 Å². The van der Waals surface area contributed by atoms with Crippen LogP contribution in [0, 0.1) is 0 Å². The Labute approximate surface area is 164 Å². The highest BCUT2D eigenvalue weighted by Gasteiger charge is 2.16. The molecule has 6 heteroatoms. The lowest BCUT2D eigenvalue weighted by Crippen LogP contribution is -2.28. The molecule has 3 N–H and O–H groups in total. The topological polar surface area (TPSA) is 83.2 Å². The third-order valence-electron chi connectivity index (χ3n) is 4.12. The number of carbonyl (C=O) groups excluding carboxylic acids is 2. The Kier molecular flexibility index (Phi) is 5.68. The van der Waals surface area contributed by atoms with Gasteiger partial charge in [0.25, 0.3) is 5.91 Å². The molecule has 28 heavy (non-hydrogen) atoms. The number of H-pyrrole nitrogens is 1. The number of nitrogens with one attached hydrogen (secondary N) is 3. The summed E-state index contributed by atoms with van der Waals surface area (Å²) >= 11 is 0. The van der Waals surface area contributed by atoms with Gasteiger partial charge in [-0.3, -0.25) is 10.1 Å². The second-order valence-electron chi connectivity index (χ2n) is 7.57. The molecule has 0 atom stereocenters. The first kappa shape index (κ1) is 19.5. The number of aromatic nitrogens is 1. The Morgan fingerprint density at radius 1 is 1.07 bits per heavy atom. The van der Waals surface area contributed by atoms with Gasteiger partial charge >= 0.3 is 6.09 Å². The van der Waals surface area contributed by atoms with E-state index in [4.69, 9.17) is 4.74 Å². The molecule has 1 aromatic heterocycles. The number of para-hydroxylation sites is 1. The lowest BCUT2D eigenvalue weighted by Gasteiger charge is -2.19. The van der Waals surface area contributed by atoms with Gasteiger partial charge in [-0.05, 0) is 57.0 Å². The van der Waals surface area contributed by atoms with E-state index in [0.717, 1.165) is 17.5 Å².